The van der Waals surface area contributed by atoms with Gasteiger partial charge in [0.2, 0.25) is 5.82 Å². The zero-order valence-electron chi connectivity index (χ0n) is 12.7. The zero-order valence-corrected chi connectivity index (χ0v) is 12.7. The van der Waals surface area contributed by atoms with Crippen molar-refractivity contribution in [2.75, 3.05) is 18.5 Å². The van der Waals surface area contributed by atoms with Crippen molar-refractivity contribution in [3.63, 3.8) is 0 Å². The average molecular weight is 330 g/mol. The largest absolute Gasteiger partial charge is 0.486 e. The molecule has 24 heavy (non-hydrogen) atoms. The zero-order chi connectivity index (χ0) is 16.8. The Balaban J connectivity index is 1.75. The van der Waals surface area contributed by atoms with Gasteiger partial charge in [0.25, 0.3) is 0 Å². The summed E-state index contributed by atoms with van der Waals surface area (Å²) in [6.07, 6.45) is 3.23. The van der Waals surface area contributed by atoms with Crippen LogP contribution in [0.2, 0.25) is 0 Å². The van der Waals surface area contributed by atoms with Crippen LogP contribution in [-0.2, 0) is 4.74 Å². The van der Waals surface area contributed by atoms with Crippen molar-refractivity contribution in [2.45, 2.75) is 18.9 Å². The number of anilines is 1. The first kappa shape index (κ1) is 15.9. The predicted molar refractivity (Wildman–Crippen MR) is 82.3 cm³/mol. The monoisotopic (exact) mass is 330 g/mol. The number of nitriles is 1. The first-order valence-electron chi connectivity index (χ1n) is 7.41. The number of nitrogens with one attached hydrogen (secondary N) is 2. The third kappa shape index (κ3) is 3.67. The number of halogens is 1. The summed E-state index contributed by atoms with van der Waals surface area (Å²) < 4.78 is 25.1. The number of hydrogen-bond acceptors (Lipinski definition) is 7. The molecule has 1 fully saturated rings. The lowest BCUT2D eigenvalue weighted by atomic mass is 10.2. The molecular weight excluding hydrogens is 315 g/mol. The van der Waals surface area contributed by atoms with Crippen LogP contribution < -0.4 is 10.1 Å². The molecule has 2 heterocycles. The SMILES string of the molecule is N#CC(=CNc1cccc(F)c1OCC1CCCO1)c1nn[nH]n1. The number of aromatic amines is 1. The average Bonchev–Trinajstić information content (AvgIpc) is 3.28. The maximum absolute atomic E-state index is 14.1. The van der Waals surface area contributed by atoms with E-state index in [1.807, 2.05) is 6.07 Å². The number of tetrazole rings is 1. The van der Waals surface area contributed by atoms with Crippen LogP contribution in [0.4, 0.5) is 10.1 Å². The van der Waals surface area contributed by atoms with Crippen LogP contribution in [0, 0.1) is 17.1 Å². The fraction of sp³-hybridized carbons (Fsp3) is 0.333. The molecule has 0 amide bonds. The maximum atomic E-state index is 14.1. The second-order valence-electron chi connectivity index (χ2n) is 5.11. The van der Waals surface area contributed by atoms with Gasteiger partial charge in [0, 0.05) is 12.8 Å². The first-order chi connectivity index (χ1) is 11.8. The van der Waals surface area contributed by atoms with Crippen LogP contribution in [0.5, 0.6) is 5.75 Å². The third-order valence-corrected chi connectivity index (χ3v) is 3.48. The van der Waals surface area contributed by atoms with Gasteiger partial charge in [-0.2, -0.15) is 10.5 Å². The van der Waals surface area contributed by atoms with Crippen LogP contribution in [0.3, 0.4) is 0 Å². The van der Waals surface area contributed by atoms with Gasteiger partial charge in [-0.25, -0.2) is 4.39 Å². The fourth-order valence-electron chi connectivity index (χ4n) is 2.29. The van der Waals surface area contributed by atoms with Crippen LogP contribution in [0.1, 0.15) is 18.7 Å². The van der Waals surface area contributed by atoms with E-state index in [0.717, 1.165) is 12.8 Å². The van der Waals surface area contributed by atoms with Crippen molar-refractivity contribution in [1.82, 2.24) is 20.6 Å². The molecule has 0 aliphatic carbocycles. The van der Waals surface area contributed by atoms with E-state index in [1.54, 1.807) is 12.1 Å². The summed E-state index contributed by atoms with van der Waals surface area (Å²) in [6, 6.07) is 6.45. The first-order valence-corrected chi connectivity index (χ1v) is 7.41. The highest BCUT2D eigenvalue weighted by molar-refractivity contribution is 5.74. The molecule has 2 aromatic rings. The van der Waals surface area contributed by atoms with E-state index in [2.05, 4.69) is 25.9 Å². The molecule has 1 aromatic carbocycles. The molecule has 2 N–H and O–H groups in total. The number of ether oxygens (including phenoxy) is 2. The summed E-state index contributed by atoms with van der Waals surface area (Å²) in [5.74, 6) is -0.276. The van der Waals surface area contributed by atoms with E-state index in [0.29, 0.717) is 12.3 Å². The van der Waals surface area contributed by atoms with Gasteiger partial charge >= 0.3 is 0 Å². The molecule has 0 radical (unpaired) electrons. The van der Waals surface area contributed by atoms with Crippen LogP contribution in [-0.4, -0.2) is 39.9 Å². The lowest BCUT2D eigenvalue weighted by Crippen LogP contribution is -2.17. The minimum atomic E-state index is -0.496. The van der Waals surface area contributed by atoms with Crippen molar-refractivity contribution in [2.24, 2.45) is 0 Å². The molecule has 0 saturated carbocycles. The van der Waals surface area contributed by atoms with Crippen LogP contribution in [0.25, 0.3) is 5.57 Å². The molecule has 1 aromatic heterocycles. The Morgan fingerprint density at radius 3 is 3.21 bits per heavy atom. The van der Waals surface area contributed by atoms with Crippen molar-refractivity contribution in [1.29, 1.82) is 5.26 Å². The Morgan fingerprint density at radius 2 is 2.50 bits per heavy atom. The Labute approximate surface area is 137 Å². The van der Waals surface area contributed by atoms with Gasteiger partial charge in [-0.1, -0.05) is 6.07 Å². The van der Waals surface area contributed by atoms with Crippen molar-refractivity contribution in [3.05, 3.63) is 36.0 Å². The Bertz CT molecular complexity index is 750. The van der Waals surface area contributed by atoms with E-state index in [1.165, 1.54) is 12.3 Å². The number of para-hydroxylation sites is 1. The standard InChI is InChI=1S/C15H15FN6O2/c16-12-4-1-5-13(14(12)24-9-11-3-2-6-23-11)18-8-10(7-17)15-19-21-22-20-15/h1,4-5,8,11,18H,2-3,6,9H2,(H,19,20,21,22). The number of H-pyrrole nitrogens is 1. The second kappa shape index (κ2) is 7.52. The van der Waals surface area contributed by atoms with Gasteiger partial charge in [-0.3, -0.25) is 0 Å². The Morgan fingerprint density at radius 1 is 1.58 bits per heavy atom. The van der Waals surface area contributed by atoms with E-state index in [9.17, 15) is 4.39 Å². The molecule has 1 atom stereocenters. The summed E-state index contributed by atoms with van der Waals surface area (Å²) in [7, 11) is 0. The Kier molecular flexibility index (Phi) is 4.98. The van der Waals surface area contributed by atoms with Gasteiger partial charge in [0.1, 0.15) is 18.2 Å². The molecule has 1 unspecified atom stereocenters. The second-order valence-corrected chi connectivity index (χ2v) is 5.11. The highest BCUT2D eigenvalue weighted by Gasteiger charge is 2.18. The van der Waals surface area contributed by atoms with E-state index in [-0.39, 0.29) is 29.9 Å². The van der Waals surface area contributed by atoms with Crippen molar-refractivity contribution >= 4 is 11.3 Å². The summed E-state index contributed by atoms with van der Waals surface area (Å²) in [4.78, 5) is 0. The molecule has 3 rings (SSSR count). The van der Waals surface area contributed by atoms with Crippen LogP contribution >= 0.6 is 0 Å². The lowest BCUT2D eigenvalue weighted by Gasteiger charge is -2.15. The molecule has 0 spiro atoms. The van der Waals surface area contributed by atoms with Gasteiger partial charge in [0.15, 0.2) is 11.6 Å². The highest BCUT2D eigenvalue weighted by atomic mass is 19.1. The Hall–Kier alpha value is -2.99. The molecule has 8 nitrogen and oxygen atoms in total. The molecule has 1 saturated heterocycles. The highest BCUT2D eigenvalue weighted by Crippen LogP contribution is 2.29. The minimum absolute atomic E-state index is 0.0259. The van der Waals surface area contributed by atoms with E-state index >= 15 is 0 Å². The van der Waals surface area contributed by atoms with Crippen molar-refractivity contribution in [3.8, 4) is 11.8 Å². The molecule has 124 valence electrons. The maximum Gasteiger partial charge on any atom is 0.216 e. The van der Waals surface area contributed by atoms with E-state index in [4.69, 9.17) is 14.7 Å². The summed E-state index contributed by atoms with van der Waals surface area (Å²) >= 11 is 0. The third-order valence-electron chi connectivity index (χ3n) is 3.48. The topological polar surface area (TPSA) is 109 Å². The molecule has 1 aliphatic heterocycles. The number of benzene rings is 1. The van der Waals surface area contributed by atoms with Crippen molar-refractivity contribution < 1.29 is 13.9 Å². The lowest BCUT2D eigenvalue weighted by molar-refractivity contribution is 0.0668. The number of rotatable bonds is 6. The number of hydrogen-bond donors (Lipinski definition) is 2. The predicted octanol–water partition coefficient (Wildman–Crippen LogP) is 1.87. The molecule has 0 bridgehead atoms. The van der Waals surface area contributed by atoms with Gasteiger partial charge in [-0.05, 0) is 30.2 Å². The van der Waals surface area contributed by atoms with Gasteiger partial charge < -0.3 is 14.8 Å². The number of aromatic nitrogens is 4. The number of nitrogens with zero attached hydrogens (tertiary/aromatic N) is 4. The minimum Gasteiger partial charge on any atom is -0.486 e. The fourth-order valence-corrected chi connectivity index (χ4v) is 2.29. The summed E-state index contributed by atoms with van der Waals surface area (Å²) in [5, 5.41) is 25.1. The molecule has 9 heteroatoms. The normalized spacial score (nSPS) is 17.5. The summed E-state index contributed by atoms with van der Waals surface area (Å²) in [5.41, 5.74) is 0.544. The van der Waals surface area contributed by atoms with Gasteiger partial charge in [0.05, 0.1) is 11.8 Å². The molecular formula is C15H15FN6O2. The van der Waals surface area contributed by atoms with Crippen LogP contribution in [0.15, 0.2) is 24.4 Å². The smallest absolute Gasteiger partial charge is 0.216 e. The number of allylic oxidation sites excluding steroid dienone is 1. The molecule has 1 aliphatic rings. The quantitative estimate of drug-likeness (QED) is 0.778. The van der Waals surface area contributed by atoms with E-state index < -0.39 is 5.82 Å². The summed E-state index contributed by atoms with van der Waals surface area (Å²) in [6.45, 7) is 0.977. The van der Waals surface area contributed by atoms with Gasteiger partial charge in [-0.15, -0.1) is 10.2 Å².